The zero-order chi connectivity index (χ0) is 28.5. The molecular weight excluding hydrogens is 565 g/mol. The lowest BCUT2D eigenvalue weighted by Crippen LogP contribution is -2.31. The van der Waals surface area contributed by atoms with E-state index in [1.165, 1.54) is 18.2 Å². The molecule has 2 heterocycles. The first-order valence-electron chi connectivity index (χ1n) is 12.1. The molecule has 14 heteroatoms. The van der Waals surface area contributed by atoms with Crippen molar-refractivity contribution >= 4 is 33.6 Å². The van der Waals surface area contributed by atoms with Gasteiger partial charge in [0, 0.05) is 30.3 Å². The van der Waals surface area contributed by atoms with E-state index in [-0.39, 0.29) is 35.8 Å². The lowest BCUT2D eigenvalue weighted by molar-refractivity contribution is -0.137. The smallest absolute Gasteiger partial charge is 0.417 e. The van der Waals surface area contributed by atoms with Gasteiger partial charge in [0.15, 0.2) is 6.29 Å². The van der Waals surface area contributed by atoms with Crippen LogP contribution >= 0.6 is 11.6 Å². The molecule has 1 N–H and O–H groups in total. The summed E-state index contributed by atoms with van der Waals surface area (Å²) in [6.45, 7) is 3.16. The average molecular weight is 593 g/mol. The van der Waals surface area contributed by atoms with Gasteiger partial charge in [-0.25, -0.2) is 18.1 Å². The van der Waals surface area contributed by atoms with Crippen LogP contribution in [0.5, 0.6) is 17.4 Å². The van der Waals surface area contributed by atoms with Crippen LogP contribution in [0.1, 0.15) is 43.7 Å². The van der Waals surface area contributed by atoms with Gasteiger partial charge < -0.3 is 18.9 Å². The van der Waals surface area contributed by atoms with E-state index in [0.29, 0.717) is 50.5 Å². The van der Waals surface area contributed by atoms with Gasteiger partial charge >= 0.3 is 6.18 Å². The predicted octanol–water partition coefficient (Wildman–Crippen LogP) is 5.34. The number of halogens is 4. The highest BCUT2D eigenvalue weighted by Crippen LogP contribution is 2.36. The molecule has 0 unspecified atom stereocenters. The third kappa shape index (κ3) is 9.99. The summed E-state index contributed by atoms with van der Waals surface area (Å²) in [4.78, 5) is 15.9. The highest BCUT2D eigenvalue weighted by Gasteiger charge is 2.32. The summed E-state index contributed by atoms with van der Waals surface area (Å²) < 4.78 is 87.2. The first-order chi connectivity index (χ1) is 18.5. The average Bonchev–Trinajstić information content (AvgIpc) is 3.37. The Labute approximate surface area is 229 Å². The maximum Gasteiger partial charge on any atom is 0.417 e. The highest BCUT2D eigenvalue weighted by atomic mass is 35.5. The number of ether oxygens (including phenoxy) is 4. The van der Waals surface area contributed by atoms with Crippen LogP contribution in [0.2, 0.25) is 5.02 Å². The Bertz CT molecular complexity index is 1270. The standard InChI is InChI=1S/C25H28ClF3N2O7S/c1-2-3-4-13-39(33,34)31-22(32)8-6-17-5-7-19(35-10-9-23-36-11-12-37-23)15-21(17)38-24-20(26)14-18(16-30-24)25(27,28)29/h5-8,14-16,23H,2-4,9-13H2,1H3,(H,31,32). The third-order valence-corrected chi connectivity index (χ3v) is 6.94. The van der Waals surface area contributed by atoms with Crippen molar-refractivity contribution in [2.45, 2.75) is 45.1 Å². The number of benzene rings is 1. The zero-order valence-electron chi connectivity index (χ0n) is 21.0. The van der Waals surface area contributed by atoms with E-state index in [0.717, 1.165) is 12.5 Å². The molecule has 1 aliphatic rings. The number of alkyl halides is 3. The van der Waals surface area contributed by atoms with E-state index >= 15 is 0 Å². The zero-order valence-corrected chi connectivity index (χ0v) is 22.6. The minimum Gasteiger partial charge on any atom is -0.493 e. The third-order valence-electron chi connectivity index (χ3n) is 5.33. The van der Waals surface area contributed by atoms with Crippen molar-refractivity contribution < 1.29 is 45.3 Å². The van der Waals surface area contributed by atoms with E-state index in [9.17, 15) is 26.4 Å². The van der Waals surface area contributed by atoms with Crippen LogP contribution in [-0.4, -0.2) is 51.2 Å². The number of amides is 1. The van der Waals surface area contributed by atoms with Crippen molar-refractivity contribution in [2.75, 3.05) is 25.6 Å². The van der Waals surface area contributed by atoms with Gasteiger partial charge in [-0.3, -0.25) is 4.79 Å². The molecule has 1 aromatic carbocycles. The van der Waals surface area contributed by atoms with Gasteiger partial charge in [0.1, 0.15) is 16.5 Å². The molecule has 1 fully saturated rings. The largest absolute Gasteiger partial charge is 0.493 e. The molecule has 9 nitrogen and oxygen atoms in total. The fraction of sp³-hybridized carbons (Fsp3) is 0.440. The van der Waals surface area contributed by atoms with Gasteiger partial charge in [0.05, 0.1) is 31.1 Å². The number of nitrogens with one attached hydrogen (secondary N) is 1. The van der Waals surface area contributed by atoms with Crippen LogP contribution in [0.25, 0.3) is 6.08 Å². The maximum absolute atomic E-state index is 13.0. The second-order valence-corrected chi connectivity index (χ2v) is 10.7. The molecule has 0 aliphatic carbocycles. The van der Waals surface area contributed by atoms with E-state index in [1.807, 2.05) is 11.6 Å². The van der Waals surface area contributed by atoms with E-state index in [1.54, 1.807) is 6.07 Å². The molecule has 1 amide bonds. The van der Waals surface area contributed by atoms with Gasteiger partial charge in [0.2, 0.25) is 15.9 Å². The van der Waals surface area contributed by atoms with E-state index in [4.69, 9.17) is 30.5 Å². The normalized spacial score (nSPS) is 14.6. The van der Waals surface area contributed by atoms with Crippen LogP contribution in [-0.2, 0) is 30.5 Å². The van der Waals surface area contributed by atoms with Crippen LogP contribution in [0.15, 0.2) is 36.5 Å². The molecule has 0 spiro atoms. The van der Waals surface area contributed by atoms with Crippen molar-refractivity contribution in [2.24, 2.45) is 0 Å². The number of unbranched alkanes of at least 4 members (excludes halogenated alkanes) is 2. The van der Waals surface area contributed by atoms with Crippen molar-refractivity contribution in [3.05, 3.63) is 52.7 Å². The topological polar surface area (TPSA) is 113 Å². The Hall–Kier alpha value is -2.87. The Kier molecular flexibility index (Phi) is 11.0. The first-order valence-corrected chi connectivity index (χ1v) is 14.1. The van der Waals surface area contributed by atoms with Crippen LogP contribution in [0.3, 0.4) is 0 Å². The minimum absolute atomic E-state index is 0.0462. The summed E-state index contributed by atoms with van der Waals surface area (Å²) in [5.41, 5.74) is -0.772. The number of rotatable bonds is 13. The Morgan fingerprint density at radius 3 is 2.64 bits per heavy atom. The van der Waals surface area contributed by atoms with Crippen molar-refractivity contribution in [1.29, 1.82) is 0 Å². The number of nitrogens with zero attached hydrogens (tertiary/aromatic N) is 1. The molecule has 3 rings (SSSR count). The number of aromatic nitrogens is 1. The molecule has 214 valence electrons. The van der Waals surface area contributed by atoms with Crippen LogP contribution in [0, 0.1) is 0 Å². The molecule has 39 heavy (non-hydrogen) atoms. The number of carbonyl (C=O) groups excluding carboxylic acids is 1. The van der Waals surface area contributed by atoms with E-state index < -0.39 is 32.7 Å². The fourth-order valence-electron chi connectivity index (χ4n) is 3.38. The van der Waals surface area contributed by atoms with Crippen LogP contribution < -0.4 is 14.2 Å². The molecule has 2 aromatic rings. The van der Waals surface area contributed by atoms with Crippen molar-refractivity contribution in [3.8, 4) is 17.4 Å². The number of hydrogen-bond acceptors (Lipinski definition) is 8. The Balaban J connectivity index is 1.78. The number of sulfonamides is 1. The molecule has 0 saturated carbocycles. The fourth-order valence-corrected chi connectivity index (χ4v) is 4.65. The Morgan fingerprint density at radius 1 is 1.23 bits per heavy atom. The van der Waals surface area contributed by atoms with E-state index in [2.05, 4.69) is 4.98 Å². The summed E-state index contributed by atoms with van der Waals surface area (Å²) in [5, 5.41) is -0.391. The highest BCUT2D eigenvalue weighted by molar-refractivity contribution is 7.90. The number of hydrogen-bond donors (Lipinski definition) is 1. The van der Waals surface area contributed by atoms with Gasteiger partial charge in [-0.15, -0.1) is 0 Å². The lowest BCUT2D eigenvalue weighted by Gasteiger charge is -2.14. The SMILES string of the molecule is CCCCCS(=O)(=O)NC(=O)C=Cc1ccc(OCCC2OCCO2)cc1Oc1ncc(C(F)(F)F)cc1Cl. The summed E-state index contributed by atoms with van der Waals surface area (Å²) >= 11 is 5.99. The molecule has 1 saturated heterocycles. The second-order valence-electron chi connectivity index (χ2n) is 8.44. The van der Waals surface area contributed by atoms with Gasteiger partial charge in [0.25, 0.3) is 5.91 Å². The summed E-state index contributed by atoms with van der Waals surface area (Å²) in [7, 11) is -3.80. The van der Waals surface area contributed by atoms with Crippen molar-refractivity contribution in [1.82, 2.24) is 9.71 Å². The molecule has 0 radical (unpaired) electrons. The van der Waals surface area contributed by atoms with Crippen LogP contribution in [0.4, 0.5) is 13.2 Å². The monoisotopic (exact) mass is 592 g/mol. The molecule has 0 bridgehead atoms. The summed E-state index contributed by atoms with van der Waals surface area (Å²) in [5.74, 6) is -0.987. The summed E-state index contributed by atoms with van der Waals surface area (Å²) in [6.07, 6.45) is 0.246. The van der Waals surface area contributed by atoms with Gasteiger partial charge in [-0.05, 0) is 30.7 Å². The molecule has 1 aliphatic heterocycles. The minimum atomic E-state index is -4.65. The second kappa shape index (κ2) is 14.0. The van der Waals surface area contributed by atoms with Gasteiger partial charge in [-0.1, -0.05) is 31.4 Å². The molecule has 1 aromatic heterocycles. The molecular formula is C25H28ClF3N2O7S. The number of pyridine rings is 1. The van der Waals surface area contributed by atoms with Crippen molar-refractivity contribution in [3.63, 3.8) is 0 Å². The Morgan fingerprint density at radius 2 is 1.97 bits per heavy atom. The number of carbonyl (C=O) groups is 1. The first kappa shape index (κ1) is 30.7. The lowest BCUT2D eigenvalue weighted by atomic mass is 10.1. The summed E-state index contributed by atoms with van der Waals surface area (Å²) in [6, 6.07) is 5.21. The maximum atomic E-state index is 13.0. The van der Waals surface area contributed by atoms with Gasteiger partial charge in [-0.2, -0.15) is 13.2 Å². The quantitative estimate of drug-likeness (QED) is 0.245. The predicted molar refractivity (Wildman–Crippen MR) is 137 cm³/mol. The molecule has 0 atom stereocenters.